The Labute approximate surface area is 138 Å². The summed E-state index contributed by atoms with van der Waals surface area (Å²) in [5.74, 6) is 0.551. The average Bonchev–Trinajstić information content (AvgIpc) is 2.92. The Hall–Kier alpha value is -2.16. The van der Waals surface area contributed by atoms with E-state index in [9.17, 15) is 8.42 Å². The second kappa shape index (κ2) is 5.80. The summed E-state index contributed by atoms with van der Waals surface area (Å²) in [5.41, 5.74) is 2.11. The van der Waals surface area contributed by atoms with Crippen LogP contribution >= 0.6 is 11.6 Å². The van der Waals surface area contributed by atoms with E-state index in [-0.39, 0.29) is 4.90 Å². The predicted octanol–water partition coefficient (Wildman–Crippen LogP) is 2.57. The number of aromatic nitrogens is 3. The van der Waals surface area contributed by atoms with Crippen molar-refractivity contribution in [2.24, 2.45) is 0 Å². The van der Waals surface area contributed by atoms with E-state index < -0.39 is 10.0 Å². The van der Waals surface area contributed by atoms with Crippen LogP contribution < -0.4 is 10.0 Å². The summed E-state index contributed by atoms with van der Waals surface area (Å²) in [6, 6.07) is 4.43. The standard InChI is InChI=1S/C14H14ClN5O2S/c1-8-6-17-13-12(8)14(19-7-18-13)20-11-5-9(3-4-10(11)15)23(21,22)16-2/h3-7,16H,1-2H3,(H2,17,18,19,20). The maximum absolute atomic E-state index is 11.9. The van der Waals surface area contributed by atoms with Crippen molar-refractivity contribution in [1.82, 2.24) is 19.7 Å². The van der Waals surface area contributed by atoms with Gasteiger partial charge < -0.3 is 10.3 Å². The second-order valence-electron chi connectivity index (χ2n) is 4.89. The van der Waals surface area contributed by atoms with Gasteiger partial charge in [0.15, 0.2) is 0 Å². The first-order valence-corrected chi connectivity index (χ1v) is 8.57. The maximum atomic E-state index is 11.9. The minimum Gasteiger partial charge on any atom is -0.346 e. The Morgan fingerprint density at radius 2 is 2.04 bits per heavy atom. The third kappa shape index (κ3) is 2.88. The monoisotopic (exact) mass is 351 g/mol. The number of fused-ring (bicyclic) bond motifs is 1. The molecule has 2 aromatic heterocycles. The van der Waals surface area contributed by atoms with Gasteiger partial charge in [0.2, 0.25) is 10.0 Å². The van der Waals surface area contributed by atoms with Gasteiger partial charge in [-0.1, -0.05) is 11.6 Å². The van der Waals surface area contributed by atoms with Gasteiger partial charge in [0.1, 0.15) is 17.8 Å². The van der Waals surface area contributed by atoms with Crippen molar-refractivity contribution in [3.63, 3.8) is 0 Å². The maximum Gasteiger partial charge on any atom is 0.240 e. The van der Waals surface area contributed by atoms with E-state index in [1.54, 1.807) is 0 Å². The molecule has 0 aliphatic heterocycles. The number of aryl methyl sites for hydroxylation is 1. The molecule has 0 radical (unpaired) electrons. The molecule has 3 rings (SSSR count). The minimum atomic E-state index is -3.56. The highest BCUT2D eigenvalue weighted by atomic mass is 35.5. The zero-order valence-electron chi connectivity index (χ0n) is 12.4. The van der Waals surface area contributed by atoms with E-state index in [0.717, 1.165) is 10.9 Å². The first-order valence-electron chi connectivity index (χ1n) is 6.71. The first-order chi connectivity index (χ1) is 10.9. The number of aromatic amines is 1. The Morgan fingerprint density at radius 1 is 1.26 bits per heavy atom. The van der Waals surface area contributed by atoms with Crippen LogP contribution in [-0.4, -0.2) is 30.4 Å². The van der Waals surface area contributed by atoms with E-state index in [4.69, 9.17) is 11.6 Å². The molecule has 0 bridgehead atoms. The lowest BCUT2D eigenvalue weighted by Crippen LogP contribution is -2.18. The van der Waals surface area contributed by atoms with Crippen LogP contribution in [0.1, 0.15) is 5.56 Å². The summed E-state index contributed by atoms with van der Waals surface area (Å²) in [7, 11) is -2.20. The number of hydrogen-bond acceptors (Lipinski definition) is 5. The SMILES string of the molecule is CNS(=O)(=O)c1ccc(Cl)c(Nc2ncnc3[nH]cc(C)c23)c1. The second-order valence-corrected chi connectivity index (χ2v) is 7.19. The Balaban J connectivity index is 2.09. The highest BCUT2D eigenvalue weighted by Crippen LogP contribution is 2.31. The fourth-order valence-corrected chi connectivity index (χ4v) is 3.15. The number of sulfonamides is 1. The lowest BCUT2D eigenvalue weighted by molar-refractivity contribution is 0.588. The molecule has 0 amide bonds. The largest absolute Gasteiger partial charge is 0.346 e. The zero-order chi connectivity index (χ0) is 16.6. The number of hydrogen-bond donors (Lipinski definition) is 3. The van der Waals surface area contributed by atoms with Gasteiger partial charge in [-0.05, 0) is 37.7 Å². The van der Waals surface area contributed by atoms with Crippen LogP contribution in [-0.2, 0) is 10.0 Å². The highest BCUT2D eigenvalue weighted by Gasteiger charge is 2.15. The zero-order valence-corrected chi connectivity index (χ0v) is 14.0. The summed E-state index contributed by atoms with van der Waals surface area (Å²) < 4.78 is 26.1. The van der Waals surface area contributed by atoms with Crippen molar-refractivity contribution in [3.8, 4) is 0 Å². The molecular formula is C14H14ClN5O2S. The molecule has 0 aliphatic rings. The molecule has 0 aliphatic carbocycles. The average molecular weight is 352 g/mol. The quantitative estimate of drug-likeness (QED) is 0.670. The molecule has 3 aromatic rings. The van der Waals surface area contributed by atoms with Crippen molar-refractivity contribution >= 4 is 44.2 Å². The molecule has 0 saturated heterocycles. The van der Waals surface area contributed by atoms with Gasteiger partial charge in [-0.2, -0.15) is 0 Å². The van der Waals surface area contributed by atoms with Gasteiger partial charge in [-0.25, -0.2) is 23.1 Å². The number of halogens is 1. The fourth-order valence-electron chi connectivity index (χ4n) is 2.22. The lowest BCUT2D eigenvalue weighted by atomic mass is 10.2. The summed E-state index contributed by atoms with van der Waals surface area (Å²) in [6.45, 7) is 1.93. The summed E-state index contributed by atoms with van der Waals surface area (Å²) in [4.78, 5) is 11.5. The number of anilines is 2. The van der Waals surface area contributed by atoms with Gasteiger partial charge in [0, 0.05) is 6.20 Å². The van der Waals surface area contributed by atoms with Gasteiger partial charge in [-0.3, -0.25) is 0 Å². The van der Waals surface area contributed by atoms with Crippen molar-refractivity contribution < 1.29 is 8.42 Å². The van der Waals surface area contributed by atoms with E-state index in [2.05, 4.69) is 25.0 Å². The van der Waals surface area contributed by atoms with Crippen LogP contribution in [0.4, 0.5) is 11.5 Å². The lowest BCUT2D eigenvalue weighted by Gasteiger charge is -2.11. The molecule has 0 fully saturated rings. The number of H-pyrrole nitrogens is 1. The van der Waals surface area contributed by atoms with E-state index in [1.807, 2.05) is 13.1 Å². The van der Waals surface area contributed by atoms with Crippen LogP contribution in [0.5, 0.6) is 0 Å². The molecule has 0 unspecified atom stereocenters. The summed E-state index contributed by atoms with van der Waals surface area (Å²) >= 11 is 6.18. The molecular weight excluding hydrogens is 338 g/mol. The molecule has 0 saturated carbocycles. The third-order valence-corrected chi connectivity index (χ3v) is 5.18. The van der Waals surface area contributed by atoms with Gasteiger partial charge in [0.05, 0.1) is 21.0 Å². The molecule has 1 aromatic carbocycles. The molecule has 0 spiro atoms. The van der Waals surface area contributed by atoms with Crippen molar-refractivity contribution in [2.75, 3.05) is 12.4 Å². The van der Waals surface area contributed by atoms with E-state index >= 15 is 0 Å². The van der Waals surface area contributed by atoms with E-state index in [1.165, 1.54) is 31.6 Å². The van der Waals surface area contributed by atoms with Gasteiger partial charge in [-0.15, -0.1) is 0 Å². The summed E-state index contributed by atoms with van der Waals surface area (Å²) in [5, 5.41) is 4.30. The number of nitrogens with one attached hydrogen (secondary N) is 3. The molecule has 7 nitrogen and oxygen atoms in total. The third-order valence-electron chi connectivity index (χ3n) is 3.44. The minimum absolute atomic E-state index is 0.114. The molecule has 120 valence electrons. The number of nitrogens with zero attached hydrogens (tertiary/aromatic N) is 2. The van der Waals surface area contributed by atoms with Crippen LogP contribution in [0.3, 0.4) is 0 Å². The van der Waals surface area contributed by atoms with Crippen LogP contribution in [0.2, 0.25) is 5.02 Å². The van der Waals surface area contributed by atoms with Gasteiger partial charge in [0.25, 0.3) is 0 Å². The predicted molar refractivity (Wildman–Crippen MR) is 89.6 cm³/mol. The Bertz CT molecular complexity index is 984. The van der Waals surface area contributed by atoms with Crippen molar-refractivity contribution in [3.05, 3.63) is 41.3 Å². The normalized spacial score (nSPS) is 11.8. The molecule has 2 heterocycles. The van der Waals surface area contributed by atoms with Crippen LogP contribution in [0.25, 0.3) is 11.0 Å². The summed E-state index contributed by atoms with van der Waals surface area (Å²) in [6.07, 6.45) is 3.25. The van der Waals surface area contributed by atoms with Crippen LogP contribution in [0, 0.1) is 6.92 Å². The van der Waals surface area contributed by atoms with Crippen molar-refractivity contribution in [1.29, 1.82) is 0 Å². The fraction of sp³-hybridized carbons (Fsp3) is 0.143. The molecule has 23 heavy (non-hydrogen) atoms. The van der Waals surface area contributed by atoms with Crippen molar-refractivity contribution in [2.45, 2.75) is 11.8 Å². The van der Waals surface area contributed by atoms with Gasteiger partial charge >= 0.3 is 0 Å². The first kappa shape index (κ1) is 15.7. The smallest absolute Gasteiger partial charge is 0.240 e. The molecule has 0 atom stereocenters. The Morgan fingerprint density at radius 3 is 2.78 bits per heavy atom. The highest BCUT2D eigenvalue weighted by molar-refractivity contribution is 7.89. The Kier molecular flexibility index (Phi) is 3.97. The molecule has 3 N–H and O–H groups in total. The number of benzene rings is 1. The number of rotatable bonds is 4. The molecule has 9 heteroatoms. The topological polar surface area (TPSA) is 99.8 Å². The van der Waals surface area contributed by atoms with E-state index in [0.29, 0.717) is 22.2 Å². The van der Waals surface area contributed by atoms with Crippen LogP contribution in [0.15, 0.2) is 35.6 Å².